The molecule has 170 valence electrons. The number of anilines is 2. The molecule has 0 saturated carbocycles. The summed E-state index contributed by atoms with van der Waals surface area (Å²) in [5.74, 6) is -1.27. The van der Waals surface area contributed by atoms with Crippen molar-refractivity contribution >= 4 is 51.2 Å². The highest BCUT2D eigenvalue weighted by Crippen LogP contribution is 2.27. The highest BCUT2D eigenvalue weighted by molar-refractivity contribution is 7.13. The second-order valence-corrected chi connectivity index (χ2v) is 8.27. The monoisotopic (exact) mass is 493 g/mol. The quantitative estimate of drug-likeness (QED) is 0.138. The predicted octanol–water partition coefficient (Wildman–Crippen LogP) is 6.04. The van der Waals surface area contributed by atoms with Gasteiger partial charge in [0.15, 0.2) is 10.9 Å². The van der Waals surface area contributed by atoms with Crippen molar-refractivity contribution in [2.24, 2.45) is 0 Å². The summed E-state index contributed by atoms with van der Waals surface area (Å²) in [5, 5.41) is 16.7. The number of ether oxygens (including phenoxy) is 1. The lowest BCUT2D eigenvalue weighted by Gasteiger charge is -2.09. The van der Waals surface area contributed by atoms with Crippen LogP contribution in [0.4, 0.5) is 16.5 Å². The second-order valence-electron chi connectivity index (χ2n) is 7.01. The molecule has 8 nitrogen and oxygen atoms in total. The van der Waals surface area contributed by atoms with Crippen LogP contribution in [0.15, 0.2) is 78.2 Å². The van der Waals surface area contributed by atoms with Gasteiger partial charge in [-0.2, -0.15) is 0 Å². The Balaban J connectivity index is 1.48. The topological polar surface area (TPSA) is 111 Å². The fourth-order valence-corrected chi connectivity index (χ4v) is 4.00. The number of halogens is 1. The van der Waals surface area contributed by atoms with Crippen LogP contribution in [0.2, 0.25) is 5.02 Å². The zero-order valence-corrected chi connectivity index (χ0v) is 19.0. The van der Waals surface area contributed by atoms with Crippen molar-refractivity contribution in [2.45, 2.75) is 6.61 Å². The minimum Gasteiger partial charge on any atom is -0.456 e. The van der Waals surface area contributed by atoms with Crippen LogP contribution < -0.4 is 5.32 Å². The molecule has 0 spiro atoms. The van der Waals surface area contributed by atoms with Gasteiger partial charge in [0.1, 0.15) is 11.6 Å². The van der Waals surface area contributed by atoms with Gasteiger partial charge in [-0.3, -0.25) is 14.9 Å². The Hall–Kier alpha value is -4.08. The first-order valence-corrected chi connectivity index (χ1v) is 11.2. The van der Waals surface area contributed by atoms with Crippen LogP contribution in [0, 0.1) is 10.1 Å². The molecule has 0 aliphatic heterocycles. The van der Waals surface area contributed by atoms with Gasteiger partial charge in [0, 0.05) is 28.3 Å². The molecule has 0 bridgehead atoms. The number of nitro groups is 1. The maximum atomic E-state index is 13.0. The fraction of sp³-hybridized carbons (Fsp3) is 0.0417. The predicted molar refractivity (Wildman–Crippen MR) is 129 cm³/mol. The molecule has 0 amide bonds. The van der Waals surface area contributed by atoms with Gasteiger partial charge in [-0.15, -0.1) is 11.3 Å². The number of benzene rings is 3. The number of carbonyl (C=O) groups excluding carboxylic acids is 2. The van der Waals surface area contributed by atoms with Crippen molar-refractivity contribution in [1.82, 2.24) is 4.98 Å². The Morgan fingerprint density at radius 3 is 2.47 bits per heavy atom. The Morgan fingerprint density at radius 1 is 1.03 bits per heavy atom. The van der Waals surface area contributed by atoms with Gasteiger partial charge < -0.3 is 10.1 Å². The number of para-hydroxylation sites is 1. The first-order chi connectivity index (χ1) is 16.4. The molecule has 0 atom stereocenters. The number of hydrogen-bond donors (Lipinski definition) is 1. The first-order valence-electron chi connectivity index (χ1n) is 9.93. The summed E-state index contributed by atoms with van der Waals surface area (Å²) in [4.78, 5) is 40.7. The number of ketones is 1. The Kier molecular flexibility index (Phi) is 6.95. The zero-order chi connectivity index (χ0) is 24.1. The van der Waals surface area contributed by atoms with Crippen LogP contribution >= 0.6 is 22.9 Å². The van der Waals surface area contributed by atoms with E-state index in [1.54, 1.807) is 17.5 Å². The summed E-state index contributed by atoms with van der Waals surface area (Å²) >= 11 is 7.20. The average molecular weight is 494 g/mol. The van der Waals surface area contributed by atoms with Gasteiger partial charge in [-0.25, -0.2) is 9.78 Å². The van der Waals surface area contributed by atoms with Crippen molar-refractivity contribution in [3.8, 4) is 0 Å². The third-order valence-corrected chi connectivity index (χ3v) is 5.85. The number of nitro benzene ring substituents is 1. The summed E-state index contributed by atoms with van der Waals surface area (Å²) < 4.78 is 5.38. The molecule has 0 unspecified atom stereocenters. The van der Waals surface area contributed by atoms with Crippen LogP contribution in [-0.4, -0.2) is 21.7 Å². The molecular formula is C24H16ClN3O5S. The van der Waals surface area contributed by atoms with Gasteiger partial charge in [-0.1, -0.05) is 48.0 Å². The Bertz CT molecular complexity index is 1370. The van der Waals surface area contributed by atoms with E-state index in [0.29, 0.717) is 10.8 Å². The van der Waals surface area contributed by atoms with E-state index in [1.807, 2.05) is 30.3 Å². The summed E-state index contributed by atoms with van der Waals surface area (Å²) in [6.07, 6.45) is 0. The van der Waals surface area contributed by atoms with E-state index >= 15 is 0 Å². The Labute approximate surface area is 203 Å². The summed E-state index contributed by atoms with van der Waals surface area (Å²) in [5.41, 5.74) is 1.18. The maximum absolute atomic E-state index is 13.0. The molecule has 0 fully saturated rings. The van der Waals surface area contributed by atoms with E-state index in [9.17, 15) is 19.7 Å². The molecule has 4 aromatic rings. The highest BCUT2D eigenvalue weighted by Gasteiger charge is 2.22. The van der Waals surface area contributed by atoms with Crippen molar-refractivity contribution < 1.29 is 19.2 Å². The number of carbonyl (C=O) groups is 2. The Morgan fingerprint density at radius 2 is 1.74 bits per heavy atom. The van der Waals surface area contributed by atoms with Gasteiger partial charge in [0.2, 0.25) is 0 Å². The van der Waals surface area contributed by atoms with E-state index in [4.69, 9.17) is 16.3 Å². The highest BCUT2D eigenvalue weighted by atomic mass is 35.5. The van der Waals surface area contributed by atoms with E-state index < -0.39 is 22.4 Å². The molecule has 4 rings (SSSR count). The lowest BCUT2D eigenvalue weighted by atomic mass is 9.98. The van der Waals surface area contributed by atoms with Gasteiger partial charge in [-0.05, 0) is 30.3 Å². The normalized spacial score (nSPS) is 10.5. The van der Waals surface area contributed by atoms with E-state index in [2.05, 4.69) is 10.3 Å². The van der Waals surface area contributed by atoms with Crippen molar-refractivity contribution in [1.29, 1.82) is 0 Å². The molecule has 3 aromatic carbocycles. The van der Waals surface area contributed by atoms with E-state index in [1.165, 1.54) is 35.6 Å². The van der Waals surface area contributed by atoms with Crippen LogP contribution in [-0.2, 0) is 11.3 Å². The number of nitrogens with zero attached hydrogens (tertiary/aromatic N) is 2. The van der Waals surface area contributed by atoms with Crippen LogP contribution in [0.1, 0.15) is 32.0 Å². The molecule has 0 radical (unpaired) electrons. The minimum atomic E-state index is -0.710. The van der Waals surface area contributed by atoms with Gasteiger partial charge in [0.25, 0.3) is 5.69 Å². The van der Waals surface area contributed by atoms with Crippen molar-refractivity contribution in [3.63, 3.8) is 0 Å². The largest absolute Gasteiger partial charge is 0.456 e. The molecule has 0 aliphatic rings. The molecule has 0 aliphatic carbocycles. The lowest BCUT2D eigenvalue weighted by Crippen LogP contribution is -2.13. The molecule has 0 saturated heterocycles. The molecule has 34 heavy (non-hydrogen) atoms. The summed E-state index contributed by atoms with van der Waals surface area (Å²) in [7, 11) is 0. The average Bonchev–Trinajstić information content (AvgIpc) is 3.30. The van der Waals surface area contributed by atoms with E-state index in [0.717, 1.165) is 11.8 Å². The van der Waals surface area contributed by atoms with Crippen molar-refractivity contribution in [2.75, 3.05) is 5.32 Å². The van der Waals surface area contributed by atoms with Crippen molar-refractivity contribution in [3.05, 3.63) is 116 Å². The molecule has 1 N–H and O–H groups in total. The summed E-state index contributed by atoms with van der Waals surface area (Å²) in [6, 6.07) is 19.4. The smallest absolute Gasteiger partial charge is 0.339 e. The number of esters is 1. The number of thiazole rings is 1. The maximum Gasteiger partial charge on any atom is 0.339 e. The summed E-state index contributed by atoms with van der Waals surface area (Å²) in [6.45, 7) is -0.0826. The fourth-order valence-electron chi connectivity index (χ4n) is 3.10. The molecule has 1 aromatic heterocycles. The lowest BCUT2D eigenvalue weighted by molar-refractivity contribution is -0.384. The second kappa shape index (κ2) is 10.2. The SMILES string of the molecule is O=C(OCc1csc(Nc2ccccc2)n1)c1ccccc1C(=O)c1ccc(Cl)c([N+](=O)[O-])c1. The zero-order valence-electron chi connectivity index (χ0n) is 17.4. The minimum absolute atomic E-state index is 0.0347. The van der Waals surface area contributed by atoms with Crippen LogP contribution in [0.3, 0.4) is 0 Å². The van der Waals surface area contributed by atoms with Crippen LogP contribution in [0.5, 0.6) is 0 Å². The van der Waals surface area contributed by atoms with E-state index in [-0.39, 0.29) is 28.3 Å². The molecule has 1 heterocycles. The molecule has 10 heteroatoms. The molecular weight excluding hydrogens is 478 g/mol. The number of hydrogen-bond acceptors (Lipinski definition) is 8. The number of aromatic nitrogens is 1. The number of nitrogens with one attached hydrogen (secondary N) is 1. The van der Waals surface area contributed by atoms with Gasteiger partial charge in [0.05, 0.1) is 16.2 Å². The third kappa shape index (κ3) is 5.28. The van der Waals surface area contributed by atoms with Crippen LogP contribution in [0.25, 0.3) is 0 Å². The number of rotatable bonds is 8. The third-order valence-electron chi connectivity index (χ3n) is 4.72. The van der Waals surface area contributed by atoms with Gasteiger partial charge >= 0.3 is 5.97 Å². The standard InChI is InChI=1S/C24H16ClN3O5S/c25-20-11-10-15(12-21(20)28(31)32)22(29)18-8-4-5-9-19(18)23(30)33-13-17-14-34-24(27-17)26-16-6-2-1-3-7-16/h1-12,14H,13H2,(H,26,27). The first kappa shape index (κ1) is 23.1.